The number of anilines is 1. The topological polar surface area (TPSA) is 108 Å². The van der Waals surface area contributed by atoms with Gasteiger partial charge in [0.1, 0.15) is 16.4 Å². The first-order valence-corrected chi connectivity index (χ1v) is 11.6. The van der Waals surface area contributed by atoms with Crippen LogP contribution in [0.3, 0.4) is 0 Å². The number of thiophene rings is 1. The highest BCUT2D eigenvalue weighted by Gasteiger charge is 2.26. The van der Waals surface area contributed by atoms with E-state index in [9.17, 15) is 18.0 Å². The van der Waals surface area contributed by atoms with Crippen molar-refractivity contribution in [3.05, 3.63) is 86.5 Å². The summed E-state index contributed by atoms with van der Waals surface area (Å²) in [6, 6.07) is 14.2. The molecular weight excluding hydrogens is 438 g/mol. The zero-order valence-electron chi connectivity index (χ0n) is 16.7. The molecule has 9 nitrogen and oxygen atoms in total. The molecule has 1 N–H and O–H groups in total. The molecule has 3 heterocycles. The quantitative estimate of drug-likeness (QED) is 0.475. The number of benzene rings is 1. The van der Waals surface area contributed by atoms with Crippen LogP contribution >= 0.6 is 11.3 Å². The SMILES string of the molecule is Cn1c(NS(=O)(=O)c2cn(Cc3ccccc3)nc2-c2cccs2)cc(=O)n(C)c1=O. The number of sulfonamides is 1. The van der Waals surface area contributed by atoms with E-state index in [4.69, 9.17) is 0 Å². The second-order valence-corrected chi connectivity index (χ2v) is 9.47. The fourth-order valence-corrected chi connectivity index (χ4v) is 5.09. The summed E-state index contributed by atoms with van der Waals surface area (Å²) in [6.07, 6.45) is 1.45. The highest BCUT2D eigenvalue weighted by molar-refractivity contribution is 7.92. The lowest BCUT2D eigenvalue weighted by atomic mass is 10.2. The van der Waals surface area contributed by atoms with Crippen LogP contribution in [0.1, 0.15) is 5.56 Å². The molecule has 0 saturated heterocycles. The van der Waals surface area contributed by atoms with Crippen molar-refractivity contribution in [2.45, 2.75) is 11.4 Å². The van der Waals surface area contributed by atoms with Gasteiger partial charge in [-0.25, -0.2) is 13.2 Å². The lowest BCUT2D eigenvalue weighted by Crippen LogP contribution is -2.38. The summed E-state index contributed by atoms with van der Waals surface area (Å²) in [5.74, 6) is -0.124. The second-order valence-electron chi connectivity index (χ2n) is 6.88. The van der Waals surface area contributed by atoms with Gasteiger partial charge >= 0.3 is 5.69 Å². The van der Waals surface area contributed by atoms with Gasteiger partial charge in [0.2, 0.25) is 0 Å². The predicted molar refractivity (Wildman–Crippen MR) is 119 cm³/mol. The Morgan fingerprint density at radius 1 is 1.03 bits per heavy atom. The highest BCUT2D eigenvalue weighted by Crippen LogP contribution is 2.30. The Kier molecular flexibility index (Phi) is 5.38. The number of nitrogens with one attached hydrogen (secondary N) is 1. The lowest BCUT2D eigenvalue weighted by molar-refractivity contribution is 0.599. The van der Waals surface area contributed by atoms with E-state index in [2.05, 4.69) is 9.82 Å². The Labute approximate surface area is 181 Å². The zero-order chi connectivity index (χ0) is 22.2. The first-order chi connectivity index (χ1) is 14.8. The average Bonchev–Trinajstić information content (AvgIpc) is 3.41. The van der Waals surface area contributed by atoms with E-state index in [0.29, 0.717) is 17.1 Å². The number of hydrogen-bond acceptors (Lipinski definition) is 6. The molecule has 1 aromatic carbocycles. The maximum atomic E-state index is 13.3. The summed E-state index contributed by atoms with van der Waals surface area (Å²) in [6.45, 7) is 0.388. The molecular formula is C20H19N5O4S2. The van der Waals surface area contributed by atoms with Gasteiger partial charge in [-0.15, -0.1) is 11.3 Å². The first-order valence-electron chi connectivity index (χ1n) is 9.21. The van der Waals surface area contributed by atoms with Crippen molar-refractivity contribution in [2.24, 2.45) is 14.1 Å². The zero-order valence-corrected chi connectivity index (χ0v) is 18.4. The summed E-state index contributed by atoms with van der Waals surface area (Å²) in [4.78, 5) is 24.8. The molecule has 0 unspecified atom stereocenters. The minimum absolute atomic E-state index is 0.0426. The molecule has 0 atom stereocenters. The van der Waals surface area contributed by atoms with Crippen molar-refractivity contribution in [3.63, 3.8) is 0 Å². The van der Waals surface area contributed by atoms with E-state index >= 15 is 0 Å². The largest absolute Gasteiger partial charge is 0.332 e. The third-order valence-electron chi connectivity index (χ3n) is 4.72. The van der Waals surface area contributed by atoms with Gasteiger partial charge in [-0.3, -0.25) is 23.3 Å². The molecule has 11 heteroatoms. The Morgan fingerprint density at radius 3 is 2.45 bits per heavy atom. The monoisotopic (exact) mass is 457 g/mol. The third-order valence-corrected chi connectivity index (χ3v) is 6.96. The van der Waals surface area contributed by atoms with Crippen LogP contribution in [0.4, 0.5) is 5.82 Å². The summed E-state index contributed by atoms with van der Waals surface area (Å²) in [5.41, 5.74) is 0.0170. The number of aromatic nitrogens is 4. The average molecular weight is 458 g/mol. The fourth-order valence-electron chi connectivity index (χ4n) is 3.06. The van der Waals surface area contributed by atoms with Gasteiger partial charge in [-0.1, -0.05) is 36.4 Å². The van der Waals surface area contributed by atoms with Crippen LogP contribution in [-0.4, -0.2) is 27.3 Å². The van der Waals surface area contributed by atoms with Gasteiger partial charge in [-0.2, -0.15) is 5.10 Å². The van der Waals surface area contributed by atoms with Gasteiger partial charge < -0.3 is 0 Å². The van der Waals surface area contributed by atoms with Crippen molar-refractivity contribution < 1.29 is 8.42 Å². The molecule has 0 aliphatic carbocycles. The van der Waals surface area contributed by atoms with Crippen LogP contribution in [0, 0.1) is 0 Å². The van der Waals surface area contributed by atoms with Crippen molar-refractivity contribution in [1.29, 1.82) is 0 Å². The summed E-state index contributed by atoms with van der Waals surface area (Å²) in [5, 5.41) is 6.33. The predicted octanol–water partition coefficient (Wildman–Crippen LogP) is 1.86. The van der Waals surface area contributed by atoms with Gasteiger partial charge in [0.05, 0.1) is 11.4 Å². The van der Waals surface area contributed by atoms with E-state index in [-0.39, 0.29) is 10.7 Å². The first kappa shape index (κ1) is 20.8. The van der Waals surface area contributed by atoms with E-state index in [1.807, 2.05) is 41.8 Å². The Balaban J connectivity index is 1.79. The molecule has 0 aliphatic heterocycles. The Hall–Kier alpha value is -3.44. The number of hydrogen-bond donors (Lipinski definition) is 1. The van der Waals surface area contributed by atoms with Gasteiger partial charge in [0.25, 0.3) is 15.6 Å². The molecule has 0 radical (unpaired) electrons. The summed E-state index contributed by atoms with van der Waals surface area (Å²) in [7, 11) is -1.43. The minimum atomic E-state index is -4.14. The van der Waals surface area contributed by atoms with Crippen LogP contribution in [0.2, 0.25) is 0 Å². The molecule has 4 rings (SSSR count). The van der Waals surface area contributed by atoms with E-state index < -0.39 is 21.3 Å². The second kappa shape index (κ2) is 8.00. The molecule has 3 aromatic heterocycles. The minimum Gasteiger partial charge on any atom is -0.282 e. The molecule has 0 saturated carbocycles. The Bertz CT molecular complexity index is 1450. The molecule has 0 spiro atoms. The van der Waals surface area contributed by atoms with Crippen LogP contribution < -0.4 is 16.0 Å². The molecule has 0 bridgehead atoms. The van der Waals surface area contributed by atoms with E-state index in [1.165, 1.54) is 31.6 Å². The van der Waals surface area contributed by atoms with Crippen molar-refractivity contribution in [2.75, 3.05) is 4.72 Å². The summed E-state index contributed by atoms with van der Waals surface area (Å²) >= 11 is 1.37. The number of rotatable bonds is 6. The molecule has 31 heavy (non-hydrogen) atoms. The van der Waals surface area contributed by atoms with Crippen molar-refractivity contribution in [3.8, 4) is 10.6 Å². The summed E-state index contributed by atoms with van der Waals surface area (Å²) < 4.78 is 32.4. The maximum Gasteiger partial charge on any atom is 0.332 e. The van der Waals surface area contributed by atoms with Gasteiger partial charge in [0, 0.05) is 26.4 Å². The van der Waals surface area contributed by atoms with Crippen LogP contribution in [0.15, 0.2) is 74.6 Å². The molecule has 4 aromatic rings. The van der Waals surface area contributed by atoms with Crippen LogP contribution in [-0.2, 0) is 30.7 Å². The molecule has 160 valence electrons. The Morgan fingerprint density at radius 2 is 1.77 bits per heavy atom. The van der Waals surface area contributed by atoms with Gasteiger partial charge in [-0.05, 0) is 17.0 Å². The molecule has 0 fully saturated rings. The van der Waals surface area contributed by atoms with Crippen LogP contribution in [0.25, 0.3) is 10.6 Å². The standard InChI is InChI=1S/C20H19N5O4S2/c1-23-17(11-18(26)24(2)20(23)27)22-31(28,29)16-13-25(12-14-7-4-3-5-8-14)21-19(16)15-9-6-10-30-15/h3-11,13,22H,12H2,1-2H3. The van der Waals surface area contributed by atoms with Crippen LogP contribution in [0.5, 0.6) is 0 Å². The highest BCUT2D eigenvalue weighted by atomic mass is 32.2. The molecule has 0 aliphatic rings. The van der Waals surface area contributed by atoms with Crippen molar-refractivity contribution in [1.82, 2.24) is 18.9 Å². The van der Waals surface area contributed by atoms with E-state index in [1.54, 1.807) is 10.7 Å². The third kappa shape index (κ3) is 4.09. The lowest BCUT2D eigenvalue weighted by Gasteiger charge is -2.12. The van der Waals surface area contributed by atoms with E-state index in [0.717, 1.165) is 20.8 Å². The number of nitrogens with zero attached hydrogens (tertiary/aromatic N) is 4. The molecule has 0 amide bonds. The maximum absolute atomic E-state index is 13.3. The van der Waals surface area contributed by atoms with Gasteiger partial charge in [0.15, 0.2) is 0 Å². The van der Waals surface area contributed by atoms with Crippen molar-refractivity contribution >= 4 is 27.2 Å². The normalized spacial score (nSPS) is 11.5. The smallest absolute Gasteiger partial charge is 0.282 e. The fraction of sp³-hybridized carbons (Fsp3) is 0.150.